The highest BCUT2D eigenvalue weighted by Crippen LogP contribution is 2.32. The van der Waals surface area contributed by atoms with E-state index in [9.17, 15) is 0 Å². The van der Waals surface area contributed by atoms with Crippen LogP contribution in [0.4, 0.5) is 0 Å². The molecule has 4 heteroatoms. The second-order valence-corrected chi connectivity index (χ2v) is 4.54. The number of aromatic amines is 1. The Morgan fingerprint density at radius 1 is 1.22 bits per heavy atom. The number of fused-ring (bicyclic) bond motifs is 1. The highest BCUT2D eigenvalue weighted by molar-refractivity contribution is 5.79. The van der Waals surface area contributed by atoms with Crippen molar-refractivity contribution in [1.82, 2.24) is 9.97 Å². The summed E-state index contributed by atoms with van der Waals surface area (Å²) < 4.78 is 10.6. The second kappa shape index (κ2) is 5.29. The molecule has 2 aromatic rings. The zero-order valence-corrected chi connectivity index (χ0v) is 11.4. The zero-order valence-electron chi connectivity index (χ0n) is 11.4. The smallest absolute Gasteiger partial charge is 0.163 e. The number of ether oxygens (including phenoxy) is 2. The molecule has 4 nitrogen and oxygen atoms in total. The van der Waals surface area contributed by atoms with Crippen LogP contribution in [0.5, 0.6) is 11.5 Å². The number of imidazole rings is 1. The van der Waals surface area contributed by atoms with Crippen LogP contribution in [0.1, 0.15) is 38.4 Å². The standard InChI is InChI=1S/C14H20N2O2/c1-5-6-9(2)14-15-10-7-12(17-3)13(18-4)8-11(10)16-14/h7-9H,5-6H2,1-4H3,(H,15,16). The Labute approximate surface area is 107 Å². The fourth-order valence-electron chi connectivity index (χ4n) is 2.16. The molecule has 1 aromatic heterocycles. The number of hydrogen-bond acceptors (Lipinski definition) is 3. The van der Waals surface area contributed by atoms with Crippen LogP contribution in [-0.4, -0.2) is 24.2 Å². The van der Waals surface area contributed by atoms with Gasteiger partial charge in [-0.05, 0) is 6.42 Å². The minimum Gasteiger partial charge on any atom is -0.493 e. The minimum atomic E-state index is 0.444. The maximum atomic E-state index is 5.29. The number of benzene rings is 1. The van der Waals surface area contributed by atoms with Crippen molar-refractivity contribution in [3.8, 4) is 11.5 Å². The van der Waals surface area contributed by atoms with E-state index in [-0.39, 0.29) is 0 Å². The van der Waals surface area contributed by atoms with E-state index in [2.05, 4.69) is 23.8 Å². The SMILES string of the molecule is CCCC(C)c1nc2cc(OC)c(OC)cc2[nH]1. The molecule has 0 fully saturated rings. The third kappa shape index (κ3) is 2.28. The van der Waals surface area contributed by atoms with E-state index in [1.807, 2.05) is 12.1 Å². The highest BCUT2D eigenvalue weighted by atomic mass is 16.5. The molecule has 1 heterocycles. The van der Waals surface area contributed by atoms with Crippen molar-refractivity contribution in [1.29, 1.82) is 0 Å². The molecule has 0 radical (unpaired) electrons. The van der Waals surface area contributed by atoms with Gasteiger partial charge < -0.3 is 14.5 Å². The van der Waals surface area contributed by atoms with Crippen LogP contribution in [0.25, 0.3) is 11.0 Å². The van der Waals surface area contributed by atoms with Crippen molar-refractivity contribution in [2.24, 2.45) is 0 Å². The molecule has 0 spiro atoms. The number of H-pyrrole nitrogens is 1. The molecular formula is C14H20N2O2. The molecule has 0 aliphatic carbocycles. The van der Waals surface area contributed by atoms with E-state index in [4.69, 9.17) is 9.47 Å². The summed E-state index contributed by atoms with van der Waals surface area (Å²) in [7, 11) is 3.28. The summed E-state index contributed by atoms with van der Waals surface area (Å²) in [6.45, 7) is 4.38. The number of nitrogens with zero attached hydrogens (tertiary/aromatic N) is 1. The summed E-state index contributed by atoms with van der Waals surface area (Å²) in [5.41, 5.74) is 1.91. The normalized spacial score (nSPS) is 12.7. The van der Waals surface area contributed by atoms with Crippen molar-refractivity contribution in [2.75, 3.05) is 14.2 Å². The summed E-state index contributed by atoms with van der Waals surface area (Å²) in [4.78, 5) is 7.98. The molecule has 0 saturated heterocycles. The third-order valence-corrected chi connectivity index (χ3v) is 3.19. The van der Waals surface area contributed by atoms with Gasteiger partial charge in [0.15, 0.2) is 11.5 Å². The van der Waals surface area contributed by atoms with Crippen molar-refractivity contribution >= 4 is 11.0 Å². The first-order chi connectivity index (χ1) is 8.69. The lowest BCUT2D eigenvalue weighted by Crippen LogP contribution is -1.94. The number of methoxy groups -OCH3 is 2. The molecule has 0 aliphatic heterocycles. The Morgan fingerprint density at radius 2 is 1.89 bits per heavy atom. The van der Waals surface area contributed by atoms with E-state index in [0.29, 0.717) is 11.7 Å². The van der Waals surface area contributed by atoms with Crippen LogP contribution in [0, 0.1) is 0 Å². The van der Waals surface area contributed by atoms with Crippen LogP contribution in [-0.2, 0) is 0 Å². The van der Waals surface area contributed by atoms with Crippen molar-refractivity contribution in [2.45, 2.75) is 32.6 Å². The number of nitrogens with one attached hydrogen (secondary N) is 1. The van der Waals surface area contributed by atoms with E-state index in [0.717, 1.165) is 35.4 Å². The second-order valence-electron chi connectivity index (χ2n) is 4.54. The predicted molar refractivity (Wildman–Crippen MR) is 72.5 cm³/mol. The van der Waals surface area contributed by atoms with Crippen LogP contribution in [0.3, 0.4) is 0 Å². The van der Waals surface area contributed by atoms with Gasteiger partial charge in [0.25, 0.3) is 0 Å². The predicted octanol–water partition coefficient (Wildman–Crippen LogP) is 3.48. The number of rotatable bonds is 5. The minimum absolute atomic E-state index is 0.444. The van der Waals surface area contributed by atoms with Crippen LogP contribution in [0.2, 0.25) is 0 Å². The average molecular weight is 248 g/mol. The number of hydrogen-bond donors (Lipinski definition) is 1. The molecule has 2 rings (SSSR count). The molecular weight excluding hydrogens is 228 g/mol. The summed E-state index contributed by atoms with van der Waals surface area (Å²) in [5.74, 6) is 2.91. The first-order valence-electron chi connectivity index (χ1n) is 6.31. The summed E-state index contributed by atoms with van der Waals surface area (Å²) >= 11 is 0. The summed E-state index contributed by atoms with van der Waals surface area (Å²) in [6, 6.07) is 3.84. The van der Waals surface area contributed by atoms with Gasteiger partial charge in [0.1, 0.15) is 5.82 Å². The molecule has 1 N–H and O–H groups in total. The highest BCUT2D eigenvalue weighted by Gasteiger charge is 2.13. The Bertz CT molecular complexity index is 493. The van der Waals surface area contributed by atoms with Crippen LogP contribution >= 0.6 is 0 Å². The Kier molecular flexibility index (Phi) is 3.75. The lowest BCUT2D eigenvalue weighted by atomic mass is 10.1. The van der Waals surface area contributed by atoms with Gasteiger partial charge in [-0.2, -0.15) is 0 Å². The van der Waals surface area contributed by atoms with Crippen molar-refractivity contribution in [3.05, 3.63) is 18.0 Å². The van der Waals surface area contributed by atoms with Crippen molar-refractivity contribution in [3.63, 3.8) is 0 Å². The van der Waals surface area contributed by atoms with E-state index < -0.39 is 0 Å². The van der Waals surface area contributed by atoms with Gasteiger partial charge in [-0.3, -0.25) is 0 Å². The molecule has 98 valence electrons. The Morgan fingerprint density at radius 3 is 2.50 bits per heavy atom. The van der Waals surface area contributed by atoms with E-state index in [1.54, 1.807) is 14.2 Å². The maximum absolute atomic E-state index is 5.29. The summed E-state index contributed by atoms with van der Waals surface area (Å²) in [6.07, 6.45) is 2.29. The zero-order chi connectivity index (χ0) is 13.1. The Balaban J connectivity index is 2.44. The fourth-order valence-corrected chi connectivity index (χ4v) is 2.16. The maximum Gasteiger partial charge on any atom is 0.163 e. The monoisotopic (exact) mass is 248 g/mol. The number of aromatic nitrogens is 2. The quantitative estimate of drug-likeness (QED) is 0.881. The lowest BCUT2D eigenvalue weighted by molar-refractivity contribution is 0.356. The van der Waals surface area contributed by atoms with Gasteiger partial charge >= 0.3 is 0 Å². The molecule has 0 aliphatic rings. The van der Waals surface area contributed by atoms with E-state index >= 15 is 0 Å². The van der Waals surface area contributed by atoms with Gasteiger partial charge in [-0.15, -0.1) is 0 Å². The average Bonchev–Trinajstić information content (AvgIpc) is 2.80. The molecule has 0 bridgehead atoms. The topological polar surface area (TPSA) is 47.1 Å². The molecule has 1 unspecified atom stereocenters. The largest absolute Gasteiger partial charge is 0.493 e. The summed E-state index contributed by atoms with van der Waals surface area (Å²) in [5, 5.41) is 0. The lowest BCUT2D eigenvalue weighted by Gasteiger charge is -2.06. The van der Waals surface area contributed by atoms with Gasteiger partial charge in [0.05, 0.1) is 25.3 Å². The molecule has 0 saturated carbocycles. The van der Waals surface area contributed by atoms with Gasteiger partial charge in [0.2, 0.25) is 0 Å². The van der Waals surface area contributed by atoms with Gasteiger partial charge in [-0.1, -0.05) is 20.3 Å². The van der Waals surface area contributed by atoms with Gasteiger partial charge in [0, 0.05) is 18.1 Å². The molecule has 0 amide bonds. The molecule has 1 atom stereocenters. The molecule has 18 heavy (non-hydrogen) atoms. The van der Waals surface area contributed by atoms with Crippen molar-refractivity contribution < 1.29 is 9.47 Å². The third-order valence-electron chi connectivity index (χ3n) is 3.19. The van der Waals surface area contributed by atoms with Crippen LogP contribution in [0.15, 0.2) is 12.1 Å². The first kappa shape index (κ1) is 12.7. The fraction of sp³-hybridized carbons (Fsp3) is 0.500. The Hall–Kier alpha value is -1.71. The molecule has 1 aromatic carbocycles. The van der Waals surface area contributed by atoms with E-state index in [1.165, 1.54) is 0 Å². The first-order valence-corrected chi connectivity index (χ1v) is 6.31. The van der Waals surface area contributed by atoms with Gasteiger partial charge in [-0.25, -0.2) is 4.98 Å². The van der Waals surface area contributed by atoms with Crippen LogP contribution < -0.4 is 9.47 Å².